The molecule has 1 unspecified atom stereocenters. The molecule has 1 N–H and O–H groups in total. The summed E-state index contributed by atoms with van der Waals surface area (Å²) in [5, 5.41) is 4.19. The number of nitrogens with one attached hydrogen (secondary N) is 1. The summed E-state index contributed by atoms with van der Waals surface area (Å²) in [6.07, 6.45) is 4.09. The second-order valence-corrected chi connectivity index (χ2v) is 7.45. The molecule has 2 aromatic rings. The van der Waals surface area contributed by atoms with Crippen LogP contribution < -0.4 is 19.7 Å². The molecule has 1 aromatic carbocycles. The molecular formula is C19H20ClN3O2. The van der Waals surface area contributed by atoms with E-state index in [0.717, 1.165) is 30.3 Å². The molecule has 3 heterocycles. The molecule has 1 saturated heterocycles. The summed E-state index contributed by atoms with van der Waals surface area (Å²) in [5.41, 5.74) is 1.83. The minimum absolute atomic E-state index is 0.546. The van der Waals surface area contributed by atoms with Crippen LogP contribution in [-0.4, -0.2) is 30.2 Å². The van der Waals surface area contributed by atoms with Crippen molar-refractivity contribution in [2.45, 2.75) is 37.6 Å². The van der Waals surface area contributed by atoms with E-state index in [1.165, 1.54) is 12.8 Å². The van der Waals surface area contributed by atoms with Crippen molar-refractivity contribution in [2.75, 3.05) is 18.0 Å². The van der Waals surface area contributed by atoms with Crippen LogP contribution in [0.25, 0.3) is 0 Å². The summed E-state index contributed by atoms with van der Waals surface area (Å²) in [6.45, 7) is 3.88. The fourth-order valence-corrected chi connectivity index (χ4v) is 4.13. The molecule has 5 nitrogen and oxygen atoms in total. The molecule has 0 amide bonds. The Morgan fingerprint density at radius 1 is 1.24 bits per heavy atom. The number of halogens is 1. The summed E-state index contributed by atoms with van der Waals surface area (Å²) < 4.78 is 12.5. The highest BCUT2D eigenvalue weighted by Crippen LogP contribution is 2.50. The number of rotatable bonds is 2. The summed E-state index contributed by atoms with van der Waals surface area (Å²) >= 11 is 5.96. The Labute approximate surface area is 151 Å². The first-order valence-electron chi connectivity index (χ1n) is 8.77. The smallest absolute Gasteiger partial charge is 0.292 e. The topological polar surface area (TPSA) is 46.6 Å². The van der Waals surface area contributed by atoms with Crippen molar-refractivity contribution in [3.05, 3.63) is 47.2 Å². The predicted octanol–water partition coefficient (Wildman–Crippen LogP) is 3.32. The van der Waals surface area contributed by atoms with E-state index >= 15 is 0 Å². The van der Waals surface area contributed by atoms with Gasteiger partial charge in [0.2, 0.25) is 0 Å². The monoisotopic (exact) mass is 357 g/mol. The van der Waals surface area contributed by atoms with E-state index in [0.29, 0.717) is 22.8 Å². The van der Waals surface area contributed by atoms with Crippen LogP contribution in [0.2, 0.25) is 5.02 Å². The van der Waals surface area contributed by atoms with E-state index in [9.17, 15) is 0 Å². The minimum atomic E-state index is -0.934. The Balaban J connectivity index is 1.50. The molecule has 6 heteroatoms. The Morgan fingerprint density at radius 3 is 2.92 bits per heavy atom. The number of hydrogen-bond donors (Lipinski definition) is 1. The molecule has 1 saturated carbocycles. The molecule has 0 spiro atoms. The van der Waals surface area contributed by atoms with Crippen LogP contribution in [0.3, 0.4) is 0 Å². The predicted molar refractivity (Wildman–Crippen MR) is 96.5 cm³/mol. The van der Waals surface area contributed by atoms with E-state index in [1.54, 1.807) is 12.3 Å². The van der Waals surface area contributed by atoms with Gasteiger partial charge in [-0.1, -0.05) is 17.7 Å². The maximum absolute atomic E-state index is 6.32. The van der Waals surface area contributed by atoms with E-state index < -0.39 is 5.79 Å². The molecular weight excluding hydrogens is 338 g/mol. The molecule has 2 aliphatic heterocycles. The third-order valence-corrected chi connectivity index (χ3v) is 5.68. The number of aromatic nitrogens is 1. The van der Waals surface area contributed by atoms with E-state index in [2.05, 4.69) is 21.3 Å². The van der Waals surface area contributed by atoms with E-state index in [1.807, 2.05) is 25.1 Å². The molecule has 1 aliphatic carbocycles. The summed E-state index contributed by atoms with van der Waals surface area (Å²) in [4.78, 5) is 6.86. The van der Waals surface area contributed by atoms with Gasteiger partial charge in [-0.2, -0.15) is 0 Å². The van der Waals surface area contributed by atoms with Crippen LogP contribution in [-0.2, 0) is 5.79 Å². The first-order chi connectivity index (χ1) is 12.1. The Hall–Kier alpha value is -1.98. The number of hydrogen-bond acceptors (Lipinski definition) is 5. The van der Waals surface area contributed by atoms with Crippen LogP contribution in [0.5, 0.6) is 11.5 Å². The average Bonchev–Trinajstić information content (AvgIpc) is 2.93. The molecule has 0 radical (unpaired) electrons. The van der Waals surface area contributed by atoms with Gasteiger partial charge in [0.1, 0.15) is 5.69 Å². The quantitative estimate of drug-likeness (QED) is 0.893. The van der Waals surface area contributed by atoms with Gasteiger partial charge >= 0.3 is 0 Å². The lowest BCUT2D eigenvalue weighted by atomic mass is 9.83. The van der Waals surface area contributed by atoms with Crippen LogP contribution in [0.1, 0.15) is 25.5 Å². The summed E-state index contributed by atoms with van der Waals surface area (Å²) in [7, 11) is 0. The Morgan fingerprint density at radius 2 is 2.16 bits per heavy atom. The maximum atomic E-state index is 6.32. The molecule has 3 aliphatic rings. The Bertz CT molecular complexity index is 813. The second kappa shape index (κ2) is 5.51. The van der Waals surface area contributed by atoms with Crippen molar-refractivity contribution in [2.24, 2.45) is 0 Å². The molecule has 5 rings (SSSR count). The first kappa shape index (κ1) is 15.3. The largest absolute Gasteiger partial charge is 0.443 e. The summed E-state index contributed by atoms with van der Waals surface area (Å²) in [6, 6.07) is 10.9. The molecule has 3 atom stereocenters. The van der Waals surface area contributed by atoms with Crippen LogP contribution >= 0.6 is 11.6 Å². The van der Waals surface area contributed by atoms with Crippen molar-refractivity contribution in [3.63, 3.8) is 0 Å². The molecule has 2 fully saturated rings. The van der Waals surface area contributed by atoms with Crippen molar-refractivity contribution in [3.8, 4) is 11.5 Å². The molecule has 1 aromatic heterocycles. The van der Waals surface area contributed by atoms with Gasteiger partial charge in [-0.3, -0.25) is 4.98 Å². The Kier molecular flexibility index (Phi) is 3.37. The van der Waals surface area contributed by atoms with E-state index in [4.69, 9.17) is 21.1 Å². The lowest BCUT2D eigenvalue weighted by molar-refractivity contribution is -0.0716. The number of fused-ring (bicyclic) bond motifs is 2. The highest BCUT2D eigenvalue weighted by atomic mass is 35.5. The first-order valence-corrected chi connectivity index (χ1v) is 9.15. The van der Waals surface area contributed by atoms with Gasteiger partial charge < -0.3 is 19.7 Å². The van der Waals surface area contributed by atoms with Gasteiger partial charge in [-0.25, -0.2) is 0 Å². The molecule has 0 bridgehead atoms. The van der Waals surface area contributed by atoms with E-state index in [-0.39, 0.29) is 0 Å². The third kappa shape index (κ3) is 2.37. The lowest BCUT2D eigenvalue weighted by Crippen LogP contribution is -2.63. The van der Waals surface area contributed by atoms with Gasteiger partial charge in [0.05, 0.1) is 10.7 Å². The zero-order chi connectivity index (χ0) is 17.0. The highest BCUT2D eigenvalue weighted by molar-refractivity contribution is 6.30. The van der Waals surface area contributed by atoms with Crippen LogP contribution in [0.15, 0.2) is 36.5 Å². The van der Waals surface area contributed by atoms with Crippen molar-refractivity contribution in [1.29, 1.82) is 0 Å². The average molecular weight is 358 g/mol. The van der Waals surface area contributed by atoms with Crippen molar-refractivity contribution in [1.82, 2.24) is 10.3 Å². The number of pyridine rings is 1. The molecule has 130 valence electrons. The van der Waals surface area contributed by atoms with Gasteiger partial charge in [-0.05, 0) is 37.1 Å². The normalized spacial score (nSPS) is 29.9. The SMILES string of the molecule is CC1(c2ccc(Cl)cn2)Oc2cccc(N3CCN[C@H]4CC[C@H]43)c2O1. The number of para-hydroxylation sites is 1. The third-order valence-electron chi connectivity index (χ3n) is 5.46. The van der Waals surface area contributed by atoms with Gasteiger partial charge in [0.25, 0.3) is 5.79 Å². The number of ether oxygens (including phenoxy) is 2. The number of benzene rings is 1. The second-order valence-electron chi connectivity index (χ2n) is 7.01. The molecule has 25 heavy (non-hydrogen) atoms. The number of piperazine rings is 1. The van der Waals surface area contributed by atoms with Gasteiger partial charge in [0, 0.05) is 38.3 Å². The number of nitrogens with zero attached hydrogens (tertiary/aromatic N) is 2. The van der Waals surface area contributed by atoms with Crippen molar-refractivity contribution >= 4 is 17.3 Å². The zero-order valence-corrected chi connectivity index (χ0v) is 14.8. The van der Waals surface area contributed by atoms with Gasteiger partial charge in [0.15, 0.2) is 11.5 Å². The number of anilines is 1. The van der Waals surface area contributed by atoms with Crippen LogP contribution in [0, 0.1) is 0 Å². The van der Waals surface area contributed by atoms with Crippen molar-refractivity contribution < 1.29 is 9.47 Å². The standard InChI is InChI=1S/C19H20ClN3O2/c1-19(17-8-5-12(20)11-22-17)24-16-4-2-3-15(18(16)25-19)23-10-9-21-13-6-7-14(13)23/h2-5,8,11,13-14,21H,6-7,9-10H2,1H3/t13-,14+,19?/m0/s1. The fraction of sp³-hybridized carbons (Fsp3) is 0.421. The lowest BCUT2D eigenvalue weighted by Gasteiger charge is -2.50. The van der Waals surface area contributed by atoms with Gasteiger partial charge in [-0.15, -0.1) is 0 Å². The zero-order valence-electron chi connectivity index (χ0n) is 14.0. The summed E-state index contributed by atoms with van der Waals surface area (Å²) in [5.74, 6) is 0.649. The minimum Gasteiger partial charge on any atom is -0.443 e. The highest BCUT2D eigenvalue weighted by Gasteiger charge is 2.44. The maximum Gasteiger partial charge on any atom is 0.292 e. The fourth-order valence-electron chi connectivity index (χ4n) is 4.02. The van der Waals surface area contributed by atoms with Crippen LogP contribution in [0.4, 0.5) is 5.69 Å².